The molecule has 1 saturated heterocycles. The molecule has 0 unspecified atom stereocenters. The van der Waals surface area contributed by atoms with E-state index >= 15 is 0 Å². The number of pyridine rings is 1. The lowest BCUT2D eigenvalue weighted by molar-refractivity contribution is 0.0145. The topological polar surface area (TPSA) is 39.6 Å². The van der Waals surface area contributed by atoms with Crippen molar-refractivity contribution in [2.45, 2.75) is 50.7 Å². The minimum absolute atomic E-state index is 0.461. The molecule has 4 nitrogen and oxygen atoms in total. The SMILES string of the molecule is CN(Cc1ccc(N2CCCC2)nc1)CC1(O)CCCC1. The van der Waals surface area contributed by atoms with Crippen molar-refractivity contribution in [1.82, 2.24) is 9.88 Å². The number of rotatable bonds is 5. The zero-order chi connectivity index (χ0) is 14.7. The first-order valence-corrected chi connectivity index (χ1v) is 8.25. The summed E-state index contributed by atoms with van der Waals surface area (Å²) in [7, 11) is 2.09. The summed E-state index contributed by atoms with van der Waals surface area (Å²) in [6.45, 7) is 3.90. The van der Waals surface area contributed by atoms with Gasteiger partial charge in [-0.2, -0.15) is 0 Å². The van der Waals surface area contributed by atoms with Crippen molar-refractivity contribution in [3.05, 3.63) is 23.9 Å². The van der Waals surface area contributed by atoms with Gasteiger partial charge in [0.15, 0.2) is 0 Å². The fourth-order valence-electron chi connectivity index (χ4n) is 3.70. The summed E-state index contributed by atoms with van der Waals surface area (Å²) < 4.78 is 0. The number of hydrogen-bond acceptors (Lipinski definition) is 4. The van der Waals surface area contributed by atoms with Gasteiger partial charge >= 0.3 is 0 Å². The molecular weight excluding hydrogens is 262 g/mol. The first kappa shape index (κ1) is 14.8. The molecule has 1 aliphatic carbocycles. The first-order valence-electron chi connectivity index (χ1n) is 8.25. The summed E-state index contributed by atoms with van der Waals surface area (Å²) >= 11 is 0. The Balaban J connectivity index is 1.54. The van der Waals surface area contributed by atoms with Crippen LogP contribution in [0.25, 0.3) is 0 Å². The van der Waals surface area contributed by atoms with Crippen LogP contribution in [0.15, 0.2) is 18.3 Å². The average Bonchev–Trinajstić information content (AvgIpc) is 3.11. The van der Waals surface area contributed by atoms with Crippen LogP contribution in [0.3, 0.4) is 0 Å². The van der Waals surface area contributed by atoms with Gasteiger partial charge in [-0.1, -0.05) is 18.9 Å². The molecule has 1 saturated carbocycles. The minimum atomic E-state index is -0.461. The highest BCUT2D eigenvalue weighted by Crippen LogP contribution is 2.30. The lowest BCUT2D eigenvalue weighted by Gasteiger charge is -2.28. The Kier molecular flexibility index (Phi) is 4.45. The van der Waals surface area contributed by atoms with Crippen molar-refractivity contribution < 1.29 is 5.11 Å². The van der Waals surface area contributed by atoms with Crippen molar-refractivity contribution in [2.75, 3.05) is 31.6 Å². The van der Waals surface area contributed by atoms with Gasteiger partial charge in [-0.3, -0.25) is 4.90 Å². The Morgan fingerprint density at radius 1 is 1.19 bits per heavy atom. The maximum Gasteiger partial charge on any atom is 0.128 e. The number of aliphatic hydroxyl groups is 1. The Hall–Kier alpha value is -1.13. The summed E-state index contributed by atoms with van der Waals surface area (Å²) in [5.74, 6) is 1.10. The fourth-order valence-corrected chi connectivity index (χ4v) is 3.70. The van der Waals surface area contributed by atoms with Crippen molar-refractivity contribution >= 4 is 5.82 Å². The molecule has 4 heteroatoms. The molecule has 1 aromatic heterocycles. The lowest BCUT2D eigenvalue weighted by Crippen LogP contribution is -2.38. The lowest BCUT2D eigenvalue weighted by atomic mass is 10.0. The second kappa shape index (κ2) is 6.32. The van der Waals surface area contributed by atoms with Crippen LogP contribution in [0.4, 0.5) is 5.82 Å². The number of likely N-dealkylation sites (N-methyl/N-ethyl adjacent to an activating group) is 1. The standard InChI is InChI=1S/C17H27N3O/c1-19(14-17(21)8-2-3-9-17)13-15-6-7-16(18-12-15)20-10-4-5-11-20/h6-7,12,21H,2-5,8-11,13-14H2,1H3. The fraction of sp³-hybridized carbons (Fsp3) is 0.706. The van der Waals surface area contributed by atoms with Crippen molar-refractivity contribution in [3.8, 4) is 0 Å². The van der Waals surface area contributed by atoms with E-state index in [1.54, 1.807) is 0 Å². The molecule has 1 N–H and O–H groups in total. The van der Waals surface area contributed by atoms with E-state index < -0.39 is 5.60 Å². The van der Waals surface area contributed by atoms with Gasteiger partial charge in [0.1, 0.15) is 5.82 Å². The minimum Gasteiger partial charge on any atom is -0.389 e. The zero-order valence-electron chi connectivity index (χ0n) is 13.1. The smallest absolute Gasteiger partial charge is 0.128 e. The highest BCUT2D eigenvalue weighted by molar-refractivity contribution is 5.40. The highest BCUT2D eigenvalue weighted by atomic mass is 16.3. The molecule has 0 bridgehead atoms. The van der Waals surface area contributed by atoms with E-state index in [9.17, 15) is 5.11 Å². The molecule has 2 aliphatic rings. The number of anilines is 1. The Morgan fingerprint density at radius 2 is 1.90 bits per heavy atom. The summed E-state index contributed by atoms with van der Waals surface area (Å²) in [5.41, 5.74) is 0.763. The molecule has 0 radical (unpaired) electrons. The summed E-state index contributed by atoms with van der Waals surface area (Å²) in [6, 6.07) is 4.31. The van der Waals surface area contributed by atoms with Gasteiger partial charge in [-0.25, -0.2) is 4.98 Å². The molecule has 3 rings (SSSR count). The second-order valence-electron chi connectivity index (χ2n) is 6.82. The molecule has 116 valence electrons. The van der Waals surface area contributed by atoms with E-state index in [1.807, 2.05) is 6.20 Å². The maximum absolute atomic E-state index is 10.5. The Morgan fingerprint density at radius 3 is 2.52 bits per heavy atom. The second-order valence-corrected chi connectivity index (χ2v) is 6.82. The third-order valence-corrected chi connectivity index (χ3v) is 4.79. The van der Waals surface area contributed by atoms with Gasteiger partial charge in [-0.15, -0.1) is 0 Å². The summed E-state index contributed by atoms with van der Waals surface area (Å²) in [5, 5.41) is 10.5. The van der Waals surface area contributed by atoms with Gasteiger partial charge in [0.05, 0.1) is 5.60 Å². The van der Waals surface area contributed by atoms with Gasteiger partial charge in [-0.05, 0) is 44.4 Å². The van der Waals surface area contributed by atoms with Crippen LogP contribution in [0.2, 0.25) is 0 Å². The molecule has 2 heterocycles. The molecule has 21 heavy (non-hydrogen) atoms. The number of nitrogens with zero attached hydrogens (tertiary/aromatic N) is 3. The van der Waals surface area contributed by atoms with Crippen LogP contribution in [0.1, 0.15) is 44.1 Å². The number of hydrogen-bond donors (Lipinski definition) is 1. The van der Waals surface area contributed by atoms with E-state index in [0.29, 0.717) is 0 Å². The van der Waals surface area contributed by atoms with Crippen molar-refractivity contribution in [3.63, 3.8) is 0 Å². The normalized spacial score (nSPS) is 21.4. The van der Waals surface area contributed by atoms with Gasteiger partial charge in [0.25, 0.3) is 0 Å². The molecule has 1 aliphatic heterocycles. The predicted molar refractivity (Wildman–Crippen MR) is 85.4 cm³/mol. The molecule has 0 aromatic carbocycles. The highest BCUT2D eigenvalue weighted by Gasteiger charge is 2.32. The van der Waals surface area contributed by atoms with E-state index in [1.165, 1.54) is 18.4 Å². The molecule has 0 spiro atoms. The maximum atomic E-state index is 10.5. The molecule has 1 aromatic rings. The Bertz CT molecular complexity index is 448. The van der Waals surface area contributed by atoms with E-state index in [0.717, 1.165) is 57.7 Å². The van der Waals surface area contributed by atoms with E-state index in [2.05, 4.69) is 34.0 Å². The molecular formula is C17H27N3O. The van der Waals surface area contributed by atoms with Gasteiger partial charge in [0, 0.05) is 32.4 Å². The van der Waals surface area contributed by atoms with E-state index in [4.69, 9.17) is 0 Å². The van der Waals surface area contributed by atoms with Crippen LogP contribution in [-0.4, -0.2) is 47.3 Å². The quantitative estimate of drug-likeness (QED) is 0.903. The monoisotopic (exact) mass is 289 g/mol. The van der Waals surface area contributed by atoms with Gasteiger partial charge < -0.3 is 10.0 Å². The third kappa shape index (κ3) is 3.74. The van der Waals surface area contributed by atoms with Crippen LogP contribution in [0.5, 0.6) is 0 Å². The zero-order valence-corrected chi connectivity index (χ0v) is 13.1. The molecule has 0 amide bonds. The summed E-state index contributed by atoms with van der Waals surface area (Å²) in [6.07, 6.45) is 8.78. The molecule has 0 atom stereocenters. The first-order chi connectivity index (χ1) is 10.1. The van der Waals surface area contributed by atoms with Crippen LogP contribution >= 0.6 is 0 Å². The van der Waals surface area contributed by atoms with Gasteiger partial charge in [0.2, 0.25) is 0 Å². The van der Waals surface area contributed by atoms with Crippen LogP contribution in [-0.2, 0) is 6.54 Å². The van der Waals surface area contributed by atoms with E-state index in [-0.39, 0.29) is 0 Å². The van der Waals surface area contributed by atoms with Crippen molar-refractivity contribution in [2.24, 2.45) is 0 Å². The van der Waals surface area contributed by atoms with Crippen molar-refractivity contribution in [1.29, 1.82) is 0 Å². The average molecular weight is 289 g/mol. The summed E-state index contributed by atoms with van der Waals surface area (Å²) in [4.78, 5) is 9.18. The number of aromatic nitrogens is 1. The Labute approximate surface area is 127 Å². The predicted octanol–water partition coefficient (Wildman–Crippen LogP) is 2.42. The third-order valence-electron chi connectivity index (χ3n) is 4.79. The van der Waals surface area contributed by atoms with Crippen LogP contribution in [0, 0.1) is 0 Å². The molecule has 2 fully saturated rings. The largest absolute Gasteiger partial charge is 0.389 e. The van der Waals surface area contributed by atoms with Crippen LogP contribution < -0.4 is 4.90 Å².